The lowest BCUT2D eigenvalue weighted by molar-refractivity contribution is -0.149. The van der Waals surface area contributed by atoms with Crippen molar-refractivity contribution in [3.05, 3.63) is 0 Å². The van der Waals surface area contributed by atoms with E-state index in [1.54, 1.807) is 0 Å². The van der Waals surface area contributed by atoms with Gasteiger partial charge in [0.05, 0.1) is 13.2 Å². The van der Waals surface area contributed by atoms with E-state index >= 15 is 0 Å². The van der Waals surface area contributed by atoms with Crippen molar-refractivity contribution in [3.8, 4) is 0 Å². The van der Waals surface area contributed by atoms with E-state index in [2.05, 4.69) is 0 Å². The van der Waals surface area contributed by atoms with Crippen LogP contribution in [0, 0.1) is 0 Å². The van der Waals surface area contributed by atoms with Gasteiger partial charge in [-0.05, 0) is 6.42 Å². The molecular formula is C12H23NO7S. The fourth-order valence-corrected chi connectivity index (χ4v) is 2.68. The van der Waals surface area contributed by atoms with E-state index in [9.17, 15) is 13.2 Å². The number of ether oxygens (including phenoxy) is 3. The van der Waals surface area contributed by atoms with Gasteiger partial charge in [-0.15, -0.1) is 0 Å². The summed E-state index contributed by atoms with van der Waals surface area (Å²) in [5, 5.41) is 0. The molecule has 21 heavy (non-hydrogen) atoms. The fraction of sp³-hybridized carbons (Fsp3) is 0.917. The Hall–Kier alpha value is -0.740. The number of hydrogen-bond acceptors (Lipinski definition) is 7. The van der Waals surface area contributed by atoms with Crippen LogP contribution in [-0.2, 0) is 29.1 Å². The van der Waals surface area contributed by atoms with Crippen molar-refractivity contribution in [2.75, 3.05) is 52.3 Å². The average molecular weight is 325 g/mol. The Morgan fingerprint density at radius 1 is 1.38 bits per heavy atom. The fourth-order valence-electron chi connectivity index (χ4n) is 2.04. The Bertz CT molecular complexity index is 406. The Labute approximate surface area is 125 Å². The second-order valence-electron chi connectivity index (χ2n) is 4.87. The van der Waals surface area contributed by atoms with Gasteiger partial charge >= 0.3 is 5.97 Å². The van der Waals surface area contributed by atoms with Gasteiger partial charge in [-0.3, -0.25) is 14.2 Å². The summed E-state index contributed by atoms with van der Waals surface area (Å²) >= 11 is 0. The maximum atomic E-state index is 11.7. The third kappa shape index (κ3) is 8.99. The number of morpholine rings is 1. The van der Waals surface area contributed by atoms with E-state index in [-0.39, 0.29) is 13.0 Å². The SMILES string of the molecule is COCCCC(=O)OC(CN1CCOCC1)CS(=O)(=O)O. The first kappa shape index (κ1) is 18.3. The zero-order chi connectivity index (χ0) is 15.7. The molecule has 0 aliphatic carbocycles. The minimum absolute atomic E-state index is 0.152. The highest BCUT2D eigenvalue weighted by Gasteiger charge is 2.24. The molecule has 1 unspecified atom stereocenters. The second-order valence-corrected chi connectivity index (χ2v) is 6.37. The van der Waals surface area contributed by atoms with Gasteiger partial charge in [0.15, 0.2) is 0 Å². The zero-order valence-electron chi connectivity index (χ0n) is 12.2. The van der Waals surface area contributed by atoms with E-state index in [4.69, 9.17) is 18.8 Å². The molecule has 0 bridgehead atoms. The molecule has 0 aromatic rings. The van der Waals surface area contributed by atoms with Crippen LogP contribution in [0.2, 0.25) is 0 Å². The van der Waals surface area contributed by atoms with Crippen LogP contribution in [0.3, 0.4) is 0 Å². The monoisotopic (exact) mass is 325 g/mol. The van der Waals surface area contributed by atoms with Gasteiger partial charge < -0.3 is 14.2 Å². The van der Waals surface area contributed by atoms with Crippen molar-refractivity contribution in [1.29, 1.82) is 0 Å². The normalized spacial score (nSPS) is 18.4. The molecule has 0 aromatic heterocycles. The zero-order valence-corrected chi connectivity index (χ0v) is 13.0. The largest absolute Gasteiger partial charge is 0.460 e. The maximum absolute atomic E-state index is 11.7. The molecule has 0 amide bonds. The molecule has 1 fully saturated rings. The predicted octanol–water partition coefficient (Wildman–Crippen LogP) is -0.455. The number of rotatable bonds is 9. The van der Waals surface area contributed by atoms with Crippen LogP contribution in [0.5, 0.6) is 0 Å². The molecule has 1 N–H and O–H groups in total. The van der Waals surface area contributed by atoms with Gasteiger partial charge in [0.2, 0.25) is 0 Å². The minimum Gasteiger partial charge on any atom is -0.460 e. The minimum atomic E-state index is -4.20. The summed E-state index contributed by atoms with van der Waals surface area (Å²) in [6.07, 6.45) is -0.224. The summed E-state index contributed by atoms with van der Waals surface area (Å²) in [5.41, 5.74) is 0. The topological polar surface area (TPSA) is 102 Å². The Kier molecular flexibility index (Phi) is 8.12. The third-order valence-corrected chi connectivity index (χ3v) is 3.78. The molecular weight excluding hydrogens is 302 g/mol. The number of nitrogens with zero attached hydrogens (tertiary/aromatic N) is 1. The molecule has 9 heteroatoms. The molecule has 1 atom stereocenters. The first-order valence-electron chi connectivity index (χ1n) is 6.84. The summed E-state index contributed by atoms with van der Waals surface area (Å²) in [6.45, 7) is 3.09. The van der Waals surface area contributed by atoms with Gasteiger partial charge in [0, 0.05) is 39.8 Å². The molecule has 0 aromatic carbocycles. The van der Waals surface area contributed by atoms with Crippen LogP contribution < -0.4 is 0 Å². The third-order valence-electron chi connectivity index (χ3n) is 2.99. The quantitative estimate of drug-likeness (QED) is 0.345. The van der Waals surface area contributed by atoms with Crippen LogP contribution in [0.4, 0.5) is 0 Å². The van der Waals surface area contributed by atoms with Gasteiger partial charge in [-0.1, -0.05) is 0 Å². The highest BCUT2D eigenvalue weighted by Crippen LogP contribution is 2.06. The van der Waals surface area contributed by atoms with Crippen LogP contribution in [0.1, 0.15) is 12.8 Å². The van der Waals surface area contributed by atoms with E-state index in [1.807, 2.05) is 4.90 Å². The molecule has 0 radical (unpaired) electrons. The van der Waals surface area contributed by atoms with Gasteiger partial charge in [0.1, 0.15) is 11.9 Å². The number of hydrogen-bond donors (Lipinski definition) is 1. The highest BCUT2D eigenvalue weighted by molar-refractivity contribution is 7.85. The Balaban J connectivity index is 2.48. The summed E-state index contributed by atoms with van der Waals surface area (Å²) < 4.78 is 46.2. The van der Waals surface area contributed by atoms with E-state index in [1.165, 1.54) is 7.11 Å². The van der Waals surface area contributed by atoms with E-state index in [0.29, 0.717) is 39.3 Å². The standard InChI is InChI=1S/C12H23NO7S/c1-18-6-2-3-12(14)20-11(10-21(15,16)17)9-13-4-7-19-8-5-13/h11H,2-10H2,1H3,(H,15,16,17). The van der Waals surface area contributed by atoms with Crippen LogP contribution in [0.25, 0.3) is 0 Å². The molecule has 8 nitrogen and oxygen atoms in total. The summed E-state index contributed by atoms with van der Waals surface area (Å²) in [4.78, 5) is 13.6. The van der Waals surface area contributed by atoms with Crippen molar-refractivity contribution < 1.29 is 32.0 Å². The van der Waals surface area contributed by atoms with Gasteiger partial charge in [-0.2, -0.15) is 8.42 Å². The van der Waals surface area contributed by atoms with Gasteiger partial charge in [0.25, 0.3) is 10.1 Å². The average Bonchev–Trinajstić information content (AvgIpc) is 2.38. The lowest BCUT2D eigenvalue weighted by Crippen LogP contribution is -2.44. The number of methoxy groups -OCH3 is 1. The number of carbonyl (C=O) groups excluding carboxylic acids is 1. The first-order valence-corrected chi connectivity index (χ1v) is 8.45. The molecule has 1 aliphatic heterocycles. The summed E-state index contributed by atoms with van der Waals surface area (Å²) in [7, 11) is -2.67. The van der Waals surface area contributed by atoms with Gasteiger partial charge in [-0.25, -0.2) is 0 Å². The first-order chi connectivity index (χ1) is 9.90. The van der Waals surface area contributed by atoms with Crippen LogP contribution >= 0.6 is 0 Å². The lowest BCUT2D eigenvalue weighted by Gasteiger charge is -2.29. The van der Waals surface area contributed by atoms with Crippen LogP contribution in [0.15, 0.2) is 0 Å². The molecule has 1 rings (SSSR count). The predicted molar refractivity (Wildman–Crippen MR) is 74.7 cm³/mol. The molecule has 124 valence electrons. The molecule has 1 heterocycles. The Morgan fingerprint density at radius 2 is 2.05 bits per heavy atom. The lowest BCUT2D eigenvalue weighted by atomic mass is 10.3. The number of carbonyl (C=O) groups is 1. The van der Waals surface area contributed by atoms with Crippen molar-refractivity contribution >= 4 is 16.1 Å². The number of esters is 1. The van der Waals surface area contributed by atoms with E-state index in [0.717, 1.165) is 0 Å². The van der Waals surface area contributed by atoms with Crippen molar-refractivity contribution in [2.45, 2.75) is 18.9 Å². The van der Waals surface area contributed by atoms with Crippen LogP contribution in [-0.4, -0.2) is 82.3 Å². The molecule has 0 saturated carbocycles. The summed E-state index contributed by atoms with van der Waals surface area (Å²) in [5.74, 6) is -1.09. The second kappa shape index (κ2) is 9.31. The van der Waals surface area contributed by atoms with Crippen molar-refractivity contribution in [2.24, 2.45) is 0 Å². The molecule has 1 aliphatic rings. The van der Waals surface area contributed by atoms with Crippen molar-refractivity contribution in [3.63, 3.8) is 0 Å². The smallest absolute Gasteiger partial charge is 0.306 e. The summed E-state index contributed by atoms with van der Waals surface area (Å²) in [6, 6.07) is 0. The molecule has 0 spiro atoms. The maximum Gasteiger partial charge on any atom is 0.306 e. The van der Waals surface area contributed by atoms with Crippen molar-refractivity contribution in [1.82, 2.24) is 4.90 Å². The Morgan fingerprint density at radius 3 is 2.62 bits per heavy atom. The molecule has 1 saturated heterocycles. The highest BCUT2D eigenvalue weighted by atomic mass is 32.2. The van der Waals surface area contributed by atoms with E-state index < -0.39 is 27.9 Å².